The quantitative estimate of drug-likeness (QED) is 0.548. The van der Waals surface area contributed by atoms with Gasteiger partial charge in [0.25, 0.3) is 0 Å². The third kappa shape index (κ3) is 1.29. The van der Waals surface area contributed by atoms with E-state index in [0.717, 1.165) is 0 Å². The summed E-state index contributed by atoms with van der Waals surface area (Å²) in [5.41, 5.74) is 5.35. The maximum atomic E-state index is 5.70. The van der Waals surface area contributed by atoms with Crippen molar-refractivity contribution in [2.24, 2.45) is 5.73 Å². The van der Waals surface area contributed by atoms with E-state index in [2.05, 4.69) is 0 Å². The van der Waals surface area contributed by atoms with Crippen LogP contribution in [0.1, 0.15) is 13.8 Å². The molecule has 0 saturated carbocycles. The van der Waals surface area contributed by atoms with Gasteiger partial charge in [0.15, 0.2) is 6.26 Å². The smallest absolute Gasteiger partial charge is 0.335 e. The van der Waals surface area contributed by atoms with Crippen LogP contribution in [0.25, 0.3) is 0 Å². The zero-order chi connectivity index (χ0) is 6.91. The first-order chi connectivity index (χ1) is 4.11. The number of hydrogen-bond acceptors (Lipinski definition) is 2. The monoisotopic (exact) mass is 127 g/mol. The van der Waals surface area contributed by atoms with Crippen LogP contribution in [0.2, 0.25) is 0 Å². The molecule has 0 aromatic carbocycles. The molecule has 0 bridgehead atoms. The maximum Gasteiger partial charge on any atom is 0.335 e. The van der Waals surface area contributed by atoms with Gasteiger partial charge in [0, 0.05) is 13.8 Å². The third-order valence-corrected chi connectivity index (χ3v) is 1.14. The molecule has 0 atom stereocenters. The Morgan fingerprint density at radius 2 is 2.22 bits per heavy atom. The van der Waals surface area contributed by atoms with Gasteiger partial charge in [-0.2, -0.15) is 4.57 Å². The first-order valence-electron chi connectivity index (χ1n) is 2.83. The van der Waals surface area contributed by atoms with E-state index in [4.69, 9.17) is 10.2 Å². The van der Waals surface area contributed by atoms with Gasteiger partial charge < -0.3 is 4.42 Å². The van der Waals surface area contributed by atoms with Gasteiger partial charge in [-0.3, -0.25) is 5.73 Å². The molecule has 0 fully saturated rings. The van der Waals surface area contributed by atoms with Crippen molar-refractivity contribution >= 4 is 0 Å². The van der Waals surface area contributed by atoms with Gasteiger partial charge in [-0.05, 0) is 0 Å². The molecule has 9 heavy (non-hydrogen) atoms. The predicted molar refractivity (Wildman–Crippen MR) is 32.4 cm³/mol. The van der Waals surface area contributed by atoms with Crippen molar-refractivity contribution in [3.63, 3.8) is 0 Å². The fourth-order valence-electron chi connectivity index (χ4n) is 0.564. The van der Waals surface area contributed by atoms with Gasteiger partial charge in [-0.25, -0.2) is 0 Å². The summed E-state index contributed by atoms with van der Waals surface area (Å²) in [6.07, 6.45) is 4.97. The Kier molecular flexibility index (Phi) is 1.29. The lowest BCUT2D eigenvalue weighted by atomic mass is 10.3. The molecule has 1 aromatic heterocycles. The number of hydrogen-bond donors (Lipinski definition) is 1. The number of oxazole rings is 1. The van der Waals surface area contributed by atoms with Gasteiger partial charge in [0.1, 0.15) is 0 Å². The van der Waals surface area contributed by atoms with Gasteiger partial charge in [-0.1, -0.05) is 0 Å². The van der Waals surface area contributed by atoms with E-state index in [1.165, 1.54) is 0 Å². The number of aromatic nitrogens is 1. The molecule has 50 valence electrons. The largest absolute Gasteiger partial charge is 0.412 e. The van der Waals surface area contributed by atoms with Gasteiger partial charge in [-0.15, -0.1) is 0 Å². The normalized spacial score (nSPS) is 11.9. The van der Waals surface area contributed by atoms with Crippen LogP contribution in [0.4, 0.5) is 0 Å². The zero-order valence-corrected chi connectivity index (χ0v) is 5.66. The van der Waals surface area contributed by atoms with Crippen molar-refractivity contribution in [2.75, 3.05) is 0 Å². The average molecular weight is 127 g/mol. The first-order valence-corrected chi connectivity index (χ1v) is 2.83. The van der Waals surface area contributed by atoms with Crippen molar-refractivity contribution in [3.05, 3.63) is 18.9 Å². The highest BCUT2D eigenvalue weighted by molar-refractivity contribution is 4.53. The van der Waals surface area contributed by atoms with Crippen molar-refractivity contribution in [1.29, 1.82) is 0 Å². The Bertz CT molecular complexity index is 173. The summed E-state index contributed by atoms with van der Waals surface area (Å²) in [5, 5.41) is 0. The van der Waals surface area contributed by atoms with Crippen LogP contribution in [0.5, 0.6) is 0 Å². The molecule has 0 aliphatic carbocycles. The van der Waals surface area contributed by atoms with E-state index in [-0.39, 0.29) is 5.66 Å². The van der Waals surface area contributed by atoms with Crippen LogP contribution in [0.3, 0.4) is 0 Å². The Morgan fingerprint density at radius 1 is 1.56 bits per heavy atom. The van der Waals surface area contributed by atoms with Crippen molar-refractivity contribution in [1.82, 2.24) is 0 Å². The highest BCUT2D eigenvalue weighted by Crippen LogP contribution is 1.93. The molecule has 0 aliphatic heterocycles. The fraction of sp³-hybridized carbons (Fsp3) is 0.500. The Hall–Kier alpha value is -0.830. The molecular formula is C6H11N2O+. The Labute approximate surface area is 54.1 Å². The number of nitrogens with zero attached hydrogens (tertiary/aromatic N) is 1. The minimum atomic E-state index is -0.354. The molecule has 0 amide bonds. The molecule has 1 aromatic rings. The fourth-order valence-corrected chi connectivity index (χ4v) is 0.564. The molecule has 2 N–H and O–H groups in total. The molecular weight excluding hydrogens is 116 g/mol. The highest BCUT2D eigenvalue weighted by Gasteiger charge is 2.21. The zero-order valence-electron chi connectivity index (χ0n) is 5.66. The second-order valence-corrected chi connectivity index (χ2v) is 2.59. The van der Waals surface area contributed by atoms with E-state index in [0.29, 0.717) is 0 Å². The summed E-state index contributed by atoms with van der Waals surface area (Å²) in [6, 6.07) is 0. The van der Waals surface area contributed by atoms with Gasteiger partial charge >= 0.3 is 6.39 Å². The second-order valence-electron chi connectivity index (χ2n) is 2.59. The first kappa shape index (κ1) is 6.29. The summed E-state index contributed by atoms with van der Waals surface area (Å²) in [4.78, 5) is 0. The van der Waals surface area contributed by atoms with E-state index in [1.54, 1.807) is 23.4 Å². The summed E-state index contributed by atoms with van der Waals surface area (Å²) in [7, 11) is 0. The van der Waals surface area contributed by atoms with Crippen molar-refractivity contribution in [2.45, 2.75) is 19.5 Å². The predicted octanol–water partition coefficient (Wildman–Crippen LogP) is 0.218. The van der Waals surface area contributed by atoms with E-state index in [9.17, 15) is 0 Å². The van der Waals surface area contributed by atoms with Crippen LogP contribution in [-0.2, 0) is 5.66 Å². The average Bonchev–Trinajstić information content (AvgIpc) is 2.08. The summed E-state index contributed by atoms with van der Waals surface area (Å²) < 4.78 is 6.62. The molecule has 0 aliphatic rings. The third-order valence-electron chi connectivity index (χ3n) is 1.14. The van der Waals surface area contributed by atoms with Gasteiger partial charge in [0.05, 0.1) is 0 Å². The van der Waals surface area contributed by atoms with Crippen LogP contribution in [0, 0.1) is 0 Å². The standard InChI is InChI=1S/C6H11N2O/c1-6(2,7)8-3-4-9-5-8/h3-5H,7H2,1-2H3/q+1. The molecule has 1 rings (SSSR count). The van der Waals surface area contributed by atoms with E-state index in [1.807, 2.05) is 13.8 Å². The summed E-state index contributed by atoms with van der Waals surface area (Å²) in [5.74, 6) is 0. The van der Waals surface area contributed by atoms with Crippen molar-refractivity contribution < 1.29 is 8.98 Å². The topological polar surface area (TPSA) is 43.0 Å². The van der Waals surface area contributed by atoms with Crippen LogP contribution >= 0.6 is 0 Å². The number of nitrogens with two attached hydrogens (primary N) is 1. The molecule has 3 nitrogen and oxygen atoms in total. The summed E-state index contributed by atoms with van der Waals surface area (Å²) >= 11 is 0. The lowest BCUT2D eigenvalue weighted by Crippen LogP contribution is -2.56. The van der Waals surface area contributed by atoms with Crippen LogP contribution in [0.15, 0.2) is 23.3 Å². The highest BCUT2D eigenvalue weighted by atomic mass is 16.3. The minimum absolute atomic E-state index is 0.354. The van der Waals surface area contributed by atoms with Crippen LogP contribution < -0.4 is 10.3 Å². The lowest BCUT2D eigenvalue weighted by Gasteiger charge is -2.07. The maximum absolute atomic E-state index is 5.70. The second kappa shape index (κ2) is 1.84. The molecule has 1 heterocycles. The molecule has 0 spiro atoms. The Balaban J connectivity index is 2.90. The molecule has 3 heteroatoms. The van der Waals surface area contributed by atoms with Crippen LogP contribution in [-0.4, -0.2) is 0 Å². The van der Waals surface area contributed by atoms with Gasteiger partial charge in [0.2, 0.25) is 11.9 Å². The number of rotatable bonds is 1. The molecule has 0 unspecified atom stereocenters. The lowest BCUT2D eigenvalue weighted by molar-refractivity contribution is -0.759. The van der Waals surface area contributed by atoms with E-state index >= 15 is 0 Å². The minimum Gasteiger partial charge on any atom is -0.412 e. The molecule has 0 radical (unpaired) electrons. The van der Waals surface area contributed by atoms with E-state index < -0.39 is 0 Å². The summed E-state index contributed by atoms with van der Waals surface area (Å²) in [6.45, 7) is 3.81. The molecule has 0 saturated heterocycles. The Morgan fingerprint density at radius 3 is 2.44 bits per heavy atom. The SMILES string of the molecule is CC(C)(N)[n+]1ccoc1. The van der Waals surface area contributed by atoms with Crippen molar-refractivity contribution in [3.8, 4) is 0 Å².